The van der Waals surface area contributed by atoms with Crippen LogP contribution in [-0.2, 0) is 6.42 Å². The summed E-state index contributed by atoms with van der Waals surface area (Å²) in [7, 11) is 0. The molecule has 1 heterocycles. The van der Waals surface area contributed by atoms with Crippen LogP contribution in [0.1, 0.15) is 32.4 Å². The van der Waals surface area contributed by atoms with Gasteiger partial charge in [-0.05, 0) is 30.0 Å². The predicted molar refractivity (Wildman–Crippen MR) is 55.7 cm³/mol. The van der Waals surface area contributed by atoms with Gasteiger partial charge in [-0.2, -0.15) is 0 Å². The molecule has 0 aromatic heterocycles. The Balaban J connectivity index is 2.50. The normalized spacial score (nSPS) is 28.4. The molecule has 70 valence electrons. The highest BCUT2D eigenvalue weighted by atomic mass is 14.9. The van der Waals surface area contributed by atoms with Gasteiger partial charge in [0.15, 0.2) is 0 Å². The van der Waals surface area contributed by atoms with Crippen molar-refractivity contribution in [2.45, 2.75) is 26.3 Å². The molecule has 1 heteroatoms. The van der Waals surface area contributed by atoms with Crippen LogP contribution >= 0.6 is 0 Å². The molecule has 1 aromatic rings. The molecule has 0 bridgehead atoms. The molecule has 2 rings (SSSR count). The predicted octanol–water partition coefficient (Wildman–Crippen LogP) is 2.53. The number of hydrogen-bond donors (Lipinski definition) is 1. The lowest BCUT2D eigenvalue weighted by Gasteiger charge is -2.29. The van der Waals surface area contributed by atoms with Crippen molar-refractivity contribution in [3.63, 3.8) is 0 Å². The highest BCUT2D eigenvalue weighted by Crippen LogP contribution is 2.27. The Morgan fingerprint density at radius 1 is 1.46 bits per heavy atom. The fourth-order valence-electron chi connectivity index (χ4n) is 1.94. The summed E-state index contributed by atoms with van der Waals surface area (Å²) < 4.78 is 8.45. The van der Waals surface area contributed by atoms with E-state index in [2.05, 4.69) is 37.4 Å². The van der Waals surface area contributed by atoms with Gasteiger partial charge in [0.25, 0.3) is 0 Å². The summed E-state index contributed by atoms with van der Waals surface area (Å²) in [5.41, 5.74) is 2.48. The van der Waals surface area contributed by atoms with Crippen molar-refractivity contribution in [2.24, 2.45) is 5.92 Å². The molecule has 0 saturated carbocycles. The summed E-state index contributed by atoms with van der Waals surface area (Å²) in [6.07, 6.45) is 1.05. The van der Waals surface area contributed by atoms with E-state index >= 15 is 0 Å². The second-order valence-corrected chi connectivity index (χ2v) is 3.90. The molecule has 1 aliphatic heterocycles. The van der Waals surface area contributed by atoms with Crippen molar-refractivity contribution >= 4 is 0 Å². The van der Waals surface area contributed by atoms with Crippen LogP contribution in [-0.4, -0.2) is 6.54 Å². The lowest BCUT2D eigenvalue weighted by Crippen LogP contribution is -2.32. The topological polar surface area (TPSA) is 12.0 Å². The minimum Gasteiger partial charge on any atom is -0.309 e. The van der Waals surface area contributed by atoms with Gasteiger partial charge in [0.2, 0.25) is 0 Å². The van der Waals surface area contributed by atoms with Crippen LogP contribution in [0.25, 0.3) is 0 Å². The molecule has 0 saturated heterocycles. The Hall–Kier alpha value is -0.820. The maximum atomic E-state index is 8.45. The summed E-state index contributed by atoms with van der Waals surface area (Å²) in [4.78, 5) is 0. The van der Waals surface area contributed by atoms with Gasteiger partial charge in [0, 0.05) is 6.02 Å². The average Bonchev–Trinajstić information content (AvgIpc) is 2.18. The monoisotopic (exact) mass is 176 g/mol. The Morgan fingerprint density at radius 2 is 2.23 bits per heavy atom. The van der Waals surface area contributed by atoms with E-state index < -0.39 is 6.02 Å². The zero-order valence-electron chi connectivity index (χ0n) is 9.30. The van der Waals surface area contributed by atoms with Crippen LogP contribution in [0.15, 0.2) is 24.3 Å². The van der Waals surface area contributed by atoms with Crippen molar-refractivity contribution < 1.29 is 1.37 Å². The molecule has 0 spiro atoms. The fraction of sp³-hybridized carbons (Fsp3) is 0.500. The molecule has 13 heavy (non-hydrogen) atoms. The smallest absolute Gasteiger partial charge is 0.0519 e. The molecule has 0 radical (unpaired) electrons. The van der Waals surface area contributed by atoms with Gasteiger partial charge in [0.1, 0.15) is 0 Å². The van der Waals surface area contributed by atoms with E-state index in [1.54, 1.807) is 0 Å². The summed E-state index contributed by atoms with van der Waals surface area (Å²) in [5.74, 6) is 0.295. The van der Waals surface area contributed by atoms with Crippen molar-refractivity contribution in [3.05, 3.63) is 35.4 Å². The minimum absolute atomic E-state index is 0.295. The zero-order valence-corrected chi connectivity index (χ0v) is 8.30. The third kappa shape index (κ3) is 1.61. The van der Waals surface area contributed by atoms with Gasteiger partial charge in [-0.1, -0.05) is 38.1 Å². The van der Waals surface area contributed by atoms with E-state index in [1.807, 2.05) is 6.07 Å². The number of hydrogen-bond acceptors (Lipinski definition) is 1. The van der Waals surface area contributed by atoms with Gasteiger partial charge in [-0.25, -0.2) is 0 Å². The van der Waals surface area contributed by atoms with Crippen LogP contribution in [0, 0.1) is 5.92 Å². The van der Waals surface area contributed by atoms with Gasteiger partial charge in [-0.3, -0.25) is 0 Å². The highest BCUT2D eigenvalue weighted by molar-refractivity contribution is 5.32. The van der Waals surface area contributed by atoms with Crippen molar-refractivity contribution in [1.82, 2.24) is 5.32 Å². The van der Waals surface area contributed by atoms with Crippen LogP contribution < -0.4 is 5.32 Å². The first-order valence-electron chi connectivity index (χ1n) is 5.48. The Bertz CT molecular complexity index is 335. The van der Waals surface area contributed by atoms with Crippen LogP contribution in [0.3, 0.4) is 0 Å². The van der Waals surface area contributed by atoms with Gasteiger partial charge in [0.05, 0.1) is 1.37 Å². The van der Waals surface area contributed by atoms with Crippen LogP contribution in [0.2, 0.25) is 0 Å². The summed E-state index contributed by atoms with van der Waals surface area (Å²) in [6.45, 7) is 5.11. The number of benzene rings is 1. The Labute approximate surface area is 81.6 Å². The zero-order chi connectivity index (χ0) is 10.2. The maximum Gasteiger partial charge on any atom is 0.0519 e. The Kier molecular flexibility index (Phi) is 2.04. The summed E-state index contributed by atoms with van der Waals surface area (Å²) >= 11 is 0. The van der Waals surface area contributed by atoms with Crippen molar-refractivity contribution in [2.75, 3.05) is 6.54 Å². The molecule has 1 nitrogen and oxygen atoms in total. The van der Waals surface area contributed by atoms with Crippen LogP contribution in [0.5, 0.6) is 0 Å². The van der Waals surface area contributed by atoms with Gasteiger partial charge < -0.3 is 5.32 Å². The molecule has 0 fully saturated rings. The third-order valence-electron chi connectivity index (χ3n) is 2.59. The molecule has 1 aliphatic rings. The lowest BCUT2D eigenvalue weighted by molar-refractivity contribution is 0.395. The molecule has 1 N–H and O–H groups in total. The average molecular weight is 176 g/mol. The first-order valence-corrected chi connectivity index (χ1v) is 4.98. The number of nitrogens with one attached hydrogen (secondary N) is 1. The van der Waals surface area contributed by atoms with E-state index in [1.165, 1.54) is 5.56 Å². The lowest BCUT2D eigenvalue weighted by atomic mass is 9.88. The van der Waals surface area contributed by atoms with Crippen LogP contribution in [0.4, 0.5) is 0 Å². The molecule has 1 unspecified atom stereocenters. The second kappa shape index (κ2) is 3.51. The second-order valence-electron chi connectivity index (χ2n) is 3.90. The first-order chi connectivity index (χ1) is 6.64. The molecule has 0 aliphatic carbocycles. The van der Waals surface area contributed by atoms with E-state index in [4.69, 9.17) is 1.37 Å². The maximum absolute atomic E-state index is 8.45. The molecular weight excluding hydrogens is 158 g/mol. The van der Waals surface area contributed by atoms with E-state index in [0.29, 0.717) is 5.92 Å². The van der Waals surface area contributed by atoms with E-state index in [0.717, 1.165) is 18.5 Å². The Morgan fingerprint density at radius 3 is 3.00 bits per heavy atom. The molecule has 1 aromatic carbocycles. The molecular formula is C12H17N. The van der Waals surface area contributed by atoms with Crippen molar-refractivity contribution in [1.29, 1.82) is 0 Å². The quantitative estimate of drug-likeness (QED) is 0.693. The van der Waals surface area contributed by atoms with Gasteiger partial charge in [-0.15, -0.1) is 0 Å². The van der Waals surface area contributed by atoms with Gasteiger partial charge >= 0.3 is 0 Å². The largest absolute Gasteiger partial charge is 0.309 e. The standard InChI is InChI=1S/C12H17N/c1-9(2)12-11-6-4-3-5-10(11)7-8-13-12/h3-6,9,12-13H,7-8H2,1-2H3/i12D. The molecule has 1 atom stereocenters. The minimum atomic E-state index is -0.588. The van der Waals surface area contributed by atoms with E-state index in [-0.39, 0.29) is 0 Å². The van der Waals surface area contributed by atoms with Crippen molar-refractivity contribution in [3.8, 4) is 0 Å². The SMILES string of the molecule is [2H]C1(C(C)C)NCCc2ccccc21. The van der Waals surface area contributed by atoms with E-state index in [9.17, 15) is 0 Å². The molecule has 0 amide bonds. The first kappa shape index (κ1) is 7.57. The summed E-state index contributed by atoms with van der Waals surface area (Å²) in [6, 6.07) is 7.72. The number of rotatable bonds is 1. The fourth-order valence-corrected chi connectivity index (χ4v) is 1.94. The third-order valence-corrected chi connectivity index (χ3v) is 2.59. The number of fused-ring (bicyclic) bond motifs is 1. The summed E-state index contributed by atoms with van der Waals surface area (Å²) in [5, 5.41) is 3.32. The highest BCUT2D eigenvalue weighted by Gasteiger charge is 2.21.